The maximum Gasteiger partial charge on any atom is 0.244 e. The van der Waals surface area contributed by atoms with Gasteiger partial charge in [-0.2, -0.15) is 5.26 Å². The summed E-state index contributed by atoms with van der Waals surface area (Å²) in [5.74, 6) is 0.662. The molecule has 0 amide bonds. The van der Waals surface area contributed by atoms with Gasteiger partial charge in [0.05, 0.1) is 29.5 Å². The highest BCUT2D eigenvalue weighted by Gasteiger charge is 2.28. The molecule has 1 fully saturated rings. The summed E-state index contributed by atoms with van der Waals surface area (Å²) >= 11 is 6.13. The van der Waals surface area contributed by atoms with Gasteiger partial charge in [0.2, 0.25) is 10.0 Å². The fraction of sp³-hybridized carbons (Fsp3) is 0.350. The first kappa shape index (κ1) is 21.6. The number of fused-ring (bicyclic) bond motifs is 1. The predicted molar refractivity (Wildman–Crippen MR) is 111 cm³/mol. The Hall–Kier alpha value is -2.61. The molecule has 0 radical (unpaired) electrons. The van der Waals surface area contributed by atoms with Crippen LogP contribution >= 0.6 is 11.6 Å². The lowest BCUT2D eigenvalue weighted by Gasteiger charge is -2.12. The molecular weight excluding hydrogens is 448 g/mol. The maximum absolute atomic E-state index is 12.7. The van der Waals surface area contributed by atoms with Gasteiger partial charge < -0.3 is 4.57 Å². The highest BCUT2D eigenvalue weighted by Crippen LogP contribution is 2.38. The highest BCUT2D eigenvalue weighted by atomic mass is 35.5. The lowest BCUT2D eigenvalue weighted by atomic mass is 10.1. The molecule has 1 aromatic carbocycles. The van der Waals surface area contributed by atoms with E-state index < -0.39 is 29.4 Å². The zero-order valence-corrected chi connectivity index (χ0v) is 17.8. The van der Waals surface area contributed by atoms with Crippen molar-refractivity contribution in [3.63, 3.8) is 0 Å². The molecule has 3 aromatic rings. The summed E-state index contributed by atoms with van der Waals surface area (Å²) in [6.07, 6.45) is 4.29. The van der Waals surface area contributed by atoms with Gasteiger partial charge in [0.15, 0.2) is 5.82 Å². The lowest BCUT2D eigenvalue weighted by molar-refractivity contribution is 0.334. The number of hydrogen-bond donors (Lipinski definition) is 1. The Morgan fingerprint density at radius 3 is 2.52 bits per heavy atom. The van der Waals surface area contributed by atoms with E-state index in [2.05, 4.69) is 16.0 Å². The number of hydrogen-bond acceptors (Lipinski definition) is 5. The van der Waals surface area contributed by atoms with Crippen LogP contribution in [0.3, 0.4) is 0 Å². The number of sulfonamides is 1. The van der Waals surface area contributed by atoms with Crippen LogP contribution in [0.1, 0.15) is 18.4 Å². The monoisotopic (exact) mass is 465 g/mol. The predicted octanol–water partition coefficient (Wildman–Crippen LogP) is 3.62. The van der Waals surface area contributed by atoms with Crippen molar-refractivity contribution < 1.29 is 17.2 Å². The topological polar surface area (TPSA) is 101 Å². The Labute approximate surface area is 182 Å². The average molecular weight is 466 g/mol. The molecule has 0 unspecified atom stereocenters. The molecule has 2 aromatic heterocycles. The smallest absolute Gasteiger partial charge is 0.244 e. The van der Waals surface area contributed by atoms with Crippen molar-refractivity contribution >= 4 is 32.5 Å². The van der Waals surface area contributed by atoms with E-state index in [1.54, 1.807) is 12.1 Å². The van der Waals surface area contributed by atoms with Crippen LogP contribution in [-0.2, 0) is 16.6 Å². The molecule has 1 saturated carbocycles. The van der Waals surface area contributed by atoms with Gasteiger partial charge >= 0.3 is 0 Å². The van der Waals surface area contributed by atoms with Crippen molar-refractivity contribution in [2.45, 2.75) is 30.3 Å². The van der Waals surface area contributed by atoms with Crippen molar-refractivity contribution in [1.82, 2.24) is 19.3 Å². The molecule has 162 valence electrons. The van der Waals surface area contributed by atoms with E-state index in [0.717, 1.165) is 30.8 Å². The fourth-order valence-corrected chi connectivity index (χ4v) is 4.65. The normalized spacial score (nSPS) is 14.3. The van der Waals surface area contributed by atoms with Gasteiger partial charge in [0, 0.05) is 17.0 Å². The Balaban J connectivity index is 1.79. The molecule has 0 bridgehead atoms. The van der Waals surface area contributed by atoms with E-state index in [4.69, 9.17) is 11.6 Å². The first-order chi connectivity index (χ1) is 14.9. The van der Waals surface area contributed by atoms with E-state index in [9.17, 15) is 22.5 Å². The summed E-state index contributed by atoms with van der Waals surface area (Å²) in [6, 6.07) is 6.00. The minimum absolute atomic E-state index is 0.177. The average Bonchev–Trinajstić information content (AvgIpc) is 3.53. The Kier molecular flexibility index (Phi) is 5.92. The second kappa shape index (κ2) is 8.49. The van der Waals surface area contributed by atoms with Crippen molar-refractivity contribution in [3.8, 4) is 17.6 Å². The first-order valence-corrected chi connectivity index (χ1v) is 11.4. The quantitative estimate of drug-likeness (QED) is 0.547. The Morgan fingerprint density at radius 1 is 1.26 bits per heavy atom. The van der Waals surface area contributed by atoms with E-state index in [1.165, 1.54) is 0 Å². The molecule has 7 nitrogen and oxygen atoms in total. The maximum atomic E-state index is 12.7. The number of benzene rings is 1. The molecular formula is C20H18ClF2N5O2S. The number of aromatic nitrogens is 3. The molecule has 11 heteroatoms. The second-order valence-corrected chi connectivity index (χ2v) is 9.57. The number of halogens is 3. The third kappa shape index (κ3) is 4.26. The van der Waals surface area contributed by atoms with E-state index >= 15 is 0 Å². The van der Waals surface area contributed by atoms with Gasteiger partial charge in [0.25, 0.3) is 0 Å². The zero-order valence-electron chi connectivity index (χ0n) is 16.2. The van der Waals surface area contributed by atoms with E-state index in [1.807, 2.05) is 15.4 Å². The molecule has 4 rings (SSSR count). The molecule has 31 heavy (non-hydrogen) atoms. The number of nitrogens with zero attached hydrogens (tertiary/aromatic N) is 4. The summed E-state index contributed by atoms with van der Waals surface area (Å²) < 4.78 is 54.0. The molecule has 0 atom stereocenters. The first-order valence-electron chi connectivity index (χ1n) is 9.56. The molecule has 0 spiro atoms. The highest BCUT2D eigenvalue weighted by molar-refractivity contribution is 7.89. The summed E-state index contributed by atoms with van der Waals surface area (Å²) in [5.41, 5.74) is 1.65. The largest absolute Gasteiger partial charge is 0.336 e. The van der Waals surface area contributed by atoms with Crippen LogP contribution in [0.4, 0.5) is 8.78 Å². The summed E-state index contributed by atoms with van der Waals surface area (Å²) in [5, 5.41) is 11.0. The lowest BCUT2D eigenvalue weighted by Crippen LogP contribution is -2.38. The van der Waals surface area contributed by atoms with E-state index in [-0.39, 0.29) is 10.7 Å². The minimum Gasteiger partial charge on any atom is -0.336 e. The summed E-state index contributed by atoms with van der Waals surface area (Å²) in [4.78, 5) is 8.01. The van der Waals surface area contributed by atoms with Gasteiger partial charge in [-0.3, -0.25) is 0 Å². The van der Waals surface area contributed by atoms with E-state index in [0.29, 0.717) is 34.1 Å². The molecule has 2 heterocycles. The van der Waals surface area contributed by atoms with Gasteiger partial charge in [-0.05, 0) is 37.0 Å². The van der Waals surface area contributed by atoms with Crippen LogP contribution in [0.15, 0.2) is 35.5 Å². The molecule has 1 aliphatic carbocycles. The molecule has 1 aliphatic rings. The molecule has 0 saturated heterocycles. The fourth-order valence-electron chi connectivity index (χ4n) is 3.39. The molecule has 1 N–H and O–H groups in total. The number of nitrogens with one attached hydrogen (secondary N) is 1. The number of rotatable bonds is 8. The van der Waals surface area contributed by atoms with Crippen LogP contribution in [-0.4, -0.2) is 42.3 Å². The van der Waals surface area contributed by atoms with Crippen molar-refractivity contribution in [2.24, 2.45) is 5.92 Å². The molecule has 0 aliphatic heterocycles. The van der Waals surface area contributed by atoms with Crippen LogP contribution < -0.4 is 4.72 Å². The van der Waals surface area contributed by atoms with Gasteiger partial charge in [0.1, 0.15) is 30.0 Å². The van der Waals surface area contributed by atoms with Gasteiger partial charge in [-0.1, -0.05) is 11.6 Å². The van der Waals surface area contributed by atoms with Crippen molar-refractivity contribution in [2.75, 3.05) is 13.3 Å². The van der Waals surface area contributed by atoms with Crippen LogP contribution in [0.25, 0.3) is 22.4 Å². The van der Waals surface area contributed by atoms with Crippen LogP contribution in [0.5, 0.6) is 0 Å². The SMILES string of the molecule is N#Cc1c(-c2ncc(S(=O)(=O)NC(CF)CF)cn2)n(CC2CC2)c2ccc(Cl)cc12. The second-order valence-electron chi connectivity index (χ2n) is 7.42. The number of alkyl halides is 2. The van der Waals surface area contributed by atoms with Crippen LogP contribution in [0, 0.1) is 17.2 Å². The summed E-state index contributed by atoms with van der Waals surface area (Å²) in [6.45, 7) is -1.68. The Morgan fingerprint density at radius 2 is 1.94 bits per heavy atom. The number of nitriles is 1. The third-order valence-electron chi connectivity index (χ3n) is 5.12. The van der Waals surface area contributed by atoms with Crippen molar-refractivity contribution in [1.29, 1.82) is 5.26 Å². The van der Waals surface area contributed by atoms with Gasteiger partial charge in [-0.15, -0.1) is 0 Å². The van der Waals surface area contributed by atoms with Gasteiger partial charge in [-0.25, -0.2) is 31.9 Å². The Bertz CT molecular complexity index is 1260. The van der Waals surface area contributed by atoms with Crippen molar-refractivity contribution in [3.05, 3.63) is 41.2 Å². The van der Waals surface area contributed by atoms with Crippen LogP contribution in [0.2, 0.25) is 5.02 Å². The standard InChI is InChI=1S/C20H18ClF2N5O2S/c21-13-3-4-18-16(5-13)17(8-24)19(28(18)11-12-1-2-12)20-25-9-15(10-26-20)31(29,30)27-14(6-22)7-23/h3-5,9-10,12,14,27H,1-2,6-7,11H2. The third-order valence-corrected chi connectivity index (χ3v) is 6.83. The minimum atomic E-state index is -4.19. The zero-order chi connectivity index (χ0) is 22.2. The summed E-state index contributed by atoms with van der Waals surface area (Å²) in [7, 11) is -4.19.